The van der Waals surface area contributed by atoms with Gasteiger partial charge < -0.3 is 10.1 Å². The van der Waals surface area contributed by atoms with Gasteiger partial charge in [-0.05, 0) is 73.5 Å². The lowest BCUT2D eigenvalue weighted by Crippen LogP contribution is -2.15. The Labute approximate surface area is 170 Å². The minimum Gasteiger partial charge on any atom is -0.495 e. The fraction of sp³-hybridized carbons (Fsp3) is 0.136. The maximum atomic E-state index is 12.6. The zero-order valence-corrected chi connectivity index (χ0v) is 17.2. The van der Waals surface area contributed by atoms with Gasteiger partial charge in [0.1, 0.15) is 5.75 Å². The van der Waals surface area contributed by atoms with Gasteiger partial charge in [-0.3, -0.25) is 9.52 Å². The monoisotopic (exact) mass is 410 g/mol. The molecule has 0 unspecified atom stereocenters. The number of para-hydroxylation sites is 2. The van der Waals surface area contributed by atoms with E-state index in [1.54, 1.807) is 36.4 Å². The van der Waals surface area contributed by atoms with Gasteiger partial charge in [-0.25, -0.2) is 8.42 Å². The maximum Gasteiger partial charge on any atom is 0.261 e. The second-order valence-corrected chi connectivity index (χ2v) is 8.27. The van der Waals surface area contributed by atoms with Crippen LogP contribution in [0.4, 0.5) is 11.4 Å². The van der Waals surface area contributed by atoms with Crippen LogP contribution >= 0.6 is 0 Å². The topological polar surface area (TPSA) is 84.5 Å². The van der Waals surface area contributed by atoms with Gasteiger partial charge in [0.2, 0.25) is 0 Å². The molecule has 0 spiro atoms. The van der Waals surface area contributed by atoms with Crippen LogP contribution in [0.5, 0.6) is 5.75 Å². The van der Waals surface area contributed by atoms with Crippen molar-refractivity contribution in [3.63, 3.8) is 0 Å². The number of nitrogens with one attached hydrogen (secondary N) is 2. The van der Waals surface area contributed by atoms with E-state index in [1.807, 2.05) is 19.9 Å². The Morgan fingerprint density at radius 1 is 0.897 bits per heavy atom. The number of carbonyl (C=O) groups is 1. The predicted octanol–water partition coefficient (Wildman–Crippen LogP) is 4.37. The third kappa shape index (κ3) is 4.75. The number of amides is 1. The SMILES string of the molecule is COc1ccccc1NC(=O)c1ccc(S(=O)(=O)Nc2ccc(C)c(C)c2)cc1. The van der Waals surface area contributed by atoms with Crippen LogP contribution in [-0.4, -0.2) is 21.4 Å². The van der Waals surface area contributed by atoms with Crippen molar-refractivity contribution in [3.05, 3.63) is 83.4 Å². The predicted molar refractivity (Wildman–Crippen MR) is 114 cm³/mol. The minimum absolute atomic E-state index is 0.0737. The Morgan fingerprint density at radius 3 is 2.24 bits per heavy atom. The van der Waals surface area contributed by atoms with E-state index in [9.17, 15) is 13.2 Å². The van der Waals surface area contributed by atoms with Crippen molar-refractivity contribution in [1.82, 2.24) is 0 Å². The number of methoxy groups -OCH3 is 1. The summed E-state index contributed by atoms with van der Waals surface area (Å²) in [4.78, 5) is 12.5. The van der Waals surface area contributed by atoms with Gasteiger partial charge in [0.25, 0.3) is 15.9 Å². The number of anilines is 2. The molecule has 3 aromatic rings. The smallest absolute Gasteiger partial charge is 0.261 e. The first-order chi connectivity index (χ1) is 13.8. The molecule has 0 saturated heterocycles. The molecule has 0 aliphatic heterocycles. The molecule has 0 fully saturated rings. The van der Waals surface area contributed by atoms with Crippen LogP contribution in [0, 0.1) is 13.8 Å². The number of sulfonamides is 1. The maximum absolute atomic E-state index is 12.6. The minimum atomic E-state index is -3.76. The summed E-state index contributed by atoms with van der Waals surface area (Å²) in [5.41, 5.74) is 3.44. The number of rotatable bonds is 6. The highest BCUT2D eigenvalue weighted by Crippen LogP contribution is 2.24. The highest BCUT2D eigenvalue weighted by Gasteiger charge is 2.16. The van der Waals surface area contributed by atoms with Crippen LogP contribution in [0.1, 0.15) is 21.5 Å². The van der Waals surface area contributed by atoms with E-state index in [-0.39, 0.29) is 10.8 Å². The molecule has 0 aliphatic rings. The molecule has 6 nitrogen and oxygen atoms in total. The highest BCUT2D eigenvalue weighted by atomic mass is 32.2. The molecule has 0 radical (unpaired) electrons. The Balaban J connectivity index is 1.76. The number of benzene rings is 3. The van der Waals surface area contributed by atoms with Crippen LogP contribution < -0.4 is 14.8 Å². The summed E-state index contributed by atoms with van der Waals surface area (Å²) in [5, 5.41) is 2.76. The molecule has 2 N–H and O–H groups in total. The molecule has 29 heavy (non-hydrogen) atoms. The molecule has 1 amide bonds. The lowest BCUT2D eigenvalue weighted by molar-refractivity contribution is 0.102. The van der Waals surface area contributed by atoms with Crippen molar-refractivity contribution in [2.45, 2.75) is 18.7 Å². The van der Waals surface area contributed by atoms with E-state index in [2.05, 4.69) is 10.0 Å². The lowest BCUT2D eigenvalue weighted by Gasteiger charge is -2.11. The van der Waals surface area contributed by atoms with E-state index in [0.29, 0.717) is 22.7 Å². The summed E-state index contributed by atoms with van der Waals surface area (Å²) in [6.07, 6.45) is 0. The van der Waals surface area contributed by atoms with Gasteiger partial charge in [-0.1, -0.05) is 18.2 Å². The van der Waals surface area contributed by atoms with Crippen molar-refractivity contribution in [1.29, 1.82) is 0 Å². The van der Waals surface area contributed by atoms with Crippen molar-refractivity contribution in [2.75, 3.05) is 17.1 Å². The van der Waals surface area contributed by atoms with E-state index in [0.717, 1.165) is 11.1 Å². The fourth-order valence-corrected chi connectivity index (χ4v) is 3.80. The molecule has 0 aliphatic carbocycles. The van der Waals surface area contributed by atoms with E-state index >= 15 is 0 Å². The Morgan fingerprint density at radius 2 is 1.59 bits per heavy atom. The van der Waals surface area contributed by atoms with Crippen molar-refractivity contribution in [2.24, 2.45) is 0 Å². The number of carbonyl (C=O) groups excluding carboxylic acids is 1. The molecule has 0 saturated carbocycles. The second-order valence-electron chi connectivity index (χ2n) is 6.58. The van der Waals surface area contributed by atoms with Gasteiger partial charge in [-0.15, -0.1) is 0 Å². The first kappa shape index (κ1) is 20.4. The molecule has 3 aromatic carbocycles. The van der Waals surface area contributed by atoms with Gasteiger partial charge in [0, 0.05) is 11.3 Å². The first-order valence-electron chi connectivity index (χ1n) is 8.94. The summed E-state index contributed by atoms with van der Waals surface area (Å²) >= 11 is 0. The molecular formula is C22H22N2O4S. The van der Waals surface area contributed by atoms with Crippen LogP contribution in [0.3, 0.4) is 0 Å². The summed E-state index contributed by atoms with van der Waals surface area (Å²) in [6.45, 7) is 3.88. The zero-order chi connectivity index (χ0) is 21.0. The fourth-order valence-electron chi connectivity index (χ4n) is 2.75. The molecular weight excluding hydrogens is 388 g/mol. The average Bonchev–Trinajstić information content (AvgIpc) is 2.71. The molecule has 0 heterocycles. The van der Waals surface area contributed by atoms with Crippen LogP contribution in [0.2, 0.25) is 0 Å². The number of hydrogen-bond acceptors (Lipinski definition) is 4. The van der Waals surface area contributed by atoms with E-state index in [1.165, 1.54) is 31.4 Å². The van der Waals surface area contributed by atoms with Crippen LogP contribution in [0.15, 0.2) is 71.6 Å². The summed E-state index contributed by atoms with van der Waals surface area (Å²) in [6, 6.07) is 18.2. The van der Waals surface area contributed by atoms with Crippen molar-refractivity contribution in [3.8, 4) is 5.75 Å². The standard InChI is InChI=1S/C22H22N2O4S/c1-15-8-11-18(14-16(15)2)24-29(26,27)19-12-9-17(10-13-19)22(25)23-20-6-4-5-7-21(20)28-3/h4-14,24H,1-3H3,(H,23,25). The summed E-state index contributed by atoms with van der Waals surface area (Å²) < 4.78 is 33.0. The van der Waals surface area contributed by atoms with Gasteiger partial charge >= 0.3 is 0 Å². The van der Waals surface area contributed by atoms with Crippen molar-refractivity contribution >= 4 is 27.3 Å². The third-order valence-electron chi connectivity index (χ3n) is 4.54. The number of hydrogen-bond donors (Lipinski definition) is 2. The largest absolute Gasteiger partial charge is 0.495 e. The number of ether oxygens (including phenoxy) is 1. The second kappa shape index (κ2) is 8.36. The molecule has 0 aromatic heterocycles. The van der Waals surface area contributed by atoms with Crippen LogP contribution in [-0.2, 0) is 10.0 Å². The Hall–Kier alpha value is -3.32. The summed E-state index contributed by atoms with van der Waals surface area (Å²) in [7, 11) is -2.24. The Bertz CT molecular complexity index is 1140. The normalized spacial score (nSPS) is 11.0. The molecule has 7 heteroatoms. The molecule has 3 rings (SSSR count). The highest BCUT2D eigenvalue weighted by molar-refractivity contribution is 7.92. The first-order valence-corrected chi connectivity index (χ1v) is 10.4. The molecule has 0 atom stereocenters. The Kier molecular flexibility index (Phi) is 5.89. The summed E-state index contributed by atoms with van der Waals surface area (Å²) in [5.74, 6) is 0.179. The van der Waals surface area contributed by atoms with Gasteiger partial charge in [0.05, 0.1) is 17.7 Å². The van der Waals surface area contributed by atoms with Crippen molar-refractivity contribution < 1.29 is 17.9 Å². The lowest BCUT2D eigenvalue weighted by atomic mass is 10.1. The van der Waals surface area contributed by atoms with Gasteiger partial charge in [-0.2, -0.15) is 0 Å². The van der Waals surface area contributed by atoms with Gasteiger partial charge in [0.15, 0.2) is 0 Å². The van der Waals surface area contributed by atoms with Crippen LogP contribution in [0.25, 0.3) is 0 Å². The zero-order valence-electron chi connectivity index (χ0n) is 16.4. The molecule has 150 valence electrons. The van der Waals surface area contributed by atoms with E-state index < -0.39 is 10.0 Å². The third-order valence-corrected chi connectivity index (χ3v) is 5.94. The van der Waals surface area contributed by atoms with E-state index in [4.69, 9.17) is 4.74 Å². The average molecular weight is 410 g/mol. The number of aryl methyl sites for hydroxylation is 2. The molecule has 0 bridgehead atoms. The quantitative estimate of drug-likeness (QED) is 0.632.